The molecule has 0 radical (unpaired) electrons. The molecule has 44 heavy (non-hydrogen) atoms. The van der Waals surface area contributed by atoms with Crippen molar-refractivity contribution in [1.82, 2.24) is 4.90 Å². The molecular weight excluding hydrogens is 558 g/mol. The third kappa shape index (κ3) is 5.12. The van der Waals surface area contributed by atoms with Crippen LogP contribution in [-0.2, 0) is 30.3 Å². The van der Waals surface area contributed by atoms with Gasteiger partial charge in [-0.3, -0.25) is 14.4 Å². The second kappa shape index (κ2) is 12.6. The van der Waals surface area contributed by atoms with Gasteiger partial charge in [-0.05, 0) is 62.9 Å². The maximum Gasteiger partial charge on any atom is 0.312 e. The van der Waals surface area contributed by atoms with E-state index in [1.54, 1.807) is 4.90 Å². The highest BCUT2D eigenvalue weighted by Gasteiger charge is 2.72. The molecule has 0 aliphatic carbocycles. The molecule has 4 aliphatic heterocycles. The molecule has 2 aromatic carbocycles. The Hall–Kier alpha value is -3.95. The zero-order valence-electron chi connectivity index (χ0n) is 25.4. The van der Waals surface area contributed by atoms with Crippen LogP contribution in [0.5, 0.6) is 0 Å². The second-order valence-corrected chi connectivity index (χ2v) is 11.9. The van der Waals surface area contributed by atoms with Gasteiger partial charge in [0, 0.05) is 31.0 Å². The largest absolute Gasteiger partial charge is 0.465 e. The van der Waals surface area contributed by atoms with E-state index in [-0.39, 0.29) is 31.6 Å². The number of cyclic esters (lactones) is 1. The highest BCUT2D eigenvalue weighted by atomic mass is 16.6. The van der Waals surface area contributed by atoms with Crippen molar-refractivity contribution in [3.8, 4) is 0 Å². The fraction of sp³-hybridized carbons (Fsp3) is 0.457. The van der Waals surface area contributed by atoms with Gasteiger partial charge in [0.2, 0.25) is 5.91 Å². The van der Waals surface area contributed by atoms with Crippen LogP contribution in [0.15, 0.2) is 78.9 Å². The van der Waals surface area contributed by atoms with E-state index in [4.69, 9.17) is 9.47 Å². The number of hydrogen-bond acceptors (Lipinski definition) is 7. The van der Waals surface area contributed by atoms with Crippen molar-refractivity contribution in [2.24, 2.45) is 11.8 Å². The summed E-state index contributed by atoms with van der Waals surface area (Å²) in [5.41, 5.74) is 1.29. The average Bonchev–Trinajstić information content (AvgIpc) is 3.46. The quantitative estimate of drug-likeness (QED) is 0.366. The van der Waals surface area contributed by atoms with E-state index in [0.29, 0.717) is 18.5 Å². The molecule has 2 aromatic rings. The molecule has 2 saturated heterocycles. The van der Waals surface area contributed by atoms with Gasteiger partial charge in [0.25, 0.3) is 5.91 Å². The van der Waals surface area contributed by atoms with E-state index < -0.39 is 41.6 Å². The fourth-order valence-corrected chi connectivity index (χ4v) is 7.39. The van der Waals surface area contributed by atoms with Crippen molar-refractivity contribution in [3.63, 3.8) is 0 Å². The summed E-state index contributed by atoms with van der Waals surface area (Å²) in [6, 6.07) is 15.7. The minimum absolute atomic E-state index is 0.257. The second-order valence-electron chi connectivity index (χ2n) is 11.9. The normalized spacial score (nSPS) is 29.5. The number of aliphatic hydroxyl groups is 1. The lowest BCUT2D eigenvalue weighted by molar-refractivity contribution is -0.155. The number of likely N-dealkylation sites (tertiary alicyclic amines) is 1. The molecule has 0 bridgehead atoms. The number of ether oxygens (including phenoxy) is 2. The highest BCUT2D eigenvalue weighted by Crippen LogP contribution is 2.54. The van der Waals surface area contributed by atoms with Crippen molar-refractivity contribution in [3.05, 3.63) is 84.5 Å². The molecule has 2 fully saturated rings. The molecule has 6 atom stereocenters. The molecule has 4 aliphatic rings. The van der Waals surface area contributed by atoms with Crippen LogP contribution in [0.4, 0.5) is 11.4 Å². The molecule has 6 rings (SSSR count). The lowest BCUT2D eigenvalue weighted by atomic mass is 9.78. The summed E-state index contributed by atoms with van der Waals surface area (Å²) >= 11 is 0. The van der Waals surface area contributed by atoms with Gasteiger partial charge in [-0.1, -0.05) is 54.6 Å². The van der Waals surface area contributed by atoms with Gasteiger partial charge in [-0.2, -0.15) is 0 Å². The van der Waals surface area contributed by atoms with E-state index in [1.807, 2.05) is 78.9 Å². The average molecular weight is 600 g/mol. The third-order valence-corrected chi connectivity index (χ3v) is 9.50. The predicted molar refractivity (Wildman–Crippen MR) is 167 cm³/mol. The minimum atomic E-state index is -1.40. The summed E-state index contributed by atoms with van der Waals surface area (Å²) in [6.45, 7) is 6.12. The monoisotopic (exact) mass is 599 g/mol. The van der Waals surface area contributed by atoms with Crippen LogP contribution in [-0.4, -0.2) is 84.4 Å². The summed E-state index contributed by atoms with van der Waals surface area (Å²) < 4.78 is 12.4. The standard InChI is InChI=1S/C35H41N3O6/c1-3-36(4-2)25-15-17-26(18-16-25)37-20-11-19-35-30(29-28(44-35)14-9-6-10-21-43-34(29)42)32(40)38(31(35)33(37)41)27(23-39)22-24-12-7-5-8-13-24/h5,7-9,11-19,27-31,39H,3-4,6,10,20-23H2,1-2H3/b14-9-/t27-,28-,29+,30+,31?,35+/m1/s1. The smallest absolute Gasteiger partial charge is 0.312 e. The Labute approximate surface area is 258 Å². The molecule has 4 heterocycles. The SMILES string of the molecule is CCN(CC)c1ccc(N2CC=C[C@]34O[C@@H]5/C=C\CCCOC(=O)[C@@H]5[C@H]3C(=O)N([C@@H](CO)Cc3ccccc3)C4C2=O)cc1. The third-order valence-electron chi connectivity index (χ3n) is 9.50. The Morgan fingerprint density at radius 3 is 2.45 bits per heavy atom. The van der Waals surface area contributed by atoms with Crippen molar-refractivity contribution in [2.45, 2.75) is 56.9 Å². The zero-order chi connectivity index (χ0) is 30.8. The number of nitrogens with zero attached hydrogens (tertiary/aromatic N) is 3. The molecule has 232 valence electrons. The zero-order valence-corrected chi connectivity index (χ0v) is 25.4. The van der Waals surface area contributed by atoms with Gasteiger partial charge in [-0.25, -0.2) is 0 Å². The number of allylic oxidation sites excluding steroid dienone is 1. The maximum atomic E-state index is 14.8. The molecule has 2 amide bonds. The molecule has 1 spiro atoms. The van der Waals surface area contributed by atoms with E-state index in [1.165, 1.54) is 4.90 Å². The fourth-order valence-electron chi connectivity index (χ4n) is 7.39. The van der Waals surface area contributed by atoms with Crippen LogP contribution in [0.2, 0.25) is 0 Å². The number of carbonyl (C=O) groups is 3. The van der Waals surface area contributed by atoms with Crippen LogP contribution < -0.4 is 9.80 Å². The van der Waals surface area contributed by atoms with Gasteiger partial charge in [-0.15, -0.1) is 0 Å². The van der Waals surface area contributed by atoms with Crippen molar-refractivity contribution in [2.75, 3.05) is 42.6 Å². The van der Waals surface area contributed by atoms with E-state index in [0.717, 1.165) is 30.8 Å². The number of fused-ring (bicyclic) bond motifs is 2. The first-order chi connectivity index (χ1) is 21.4. The summed E-state index contributed by atoms with van der Waals surface area (Å²) in [5.74, 6) is -3.05. The number of benzene rings is 2. The van der Waals surface area contributed by atoms with Crippen LogP contribution >= 0.6 is 0 Å². The Morgan fingerprint density at radius 1 is 1.00 bits per heavy atom. The van der Waals surface area contributed by atoms with Gasteiger partial charge in [0.15, 0.2) is 0 Å². The van der Waals surface area contributed by atoms with E-state index in [2.05, 4.69) is 18.7 Å². The van der Waals surface area contributed by atoms with Crippen LogP contribution in [0.3, 0.4) is 0 Å². The molecule has 9 heteroatoms. The lowest BCUT2D eigenvalue weighted by Gasteiger charge is -2.38. The summed E-state index contributed by atoms with van der Waals surface area (Å²) in [6.07, 6.45) is 8.53. The summed E-state index contributed by atoms with van der Waals surface area (Å²) in [7, 11) is 0. The summed E-state index contributed by atoms with van der Waals surface area (Å²) in [5, 5.41) is 10.7. The number of amides is 2. The number of carbonyl (C=O) groups excluding carboxylic acids is 3. The van der Waals surface area contributed by atoms with Crippen LogP contribution in [0.1, 0.15) is 32.3 Å². The van der Waals surface area contributed by atoms with E-state index >= 15 is 0 Å². The molecular formula is C35H41N3O6. The van der Waals surface area contributed by atoms with Crippen molar-refractivity contribution in [1.29, 1.82) is 0 Å². The Balaban J connectivity index is 1.43. The van der Waals surface area contributed by atoms with Gasteiger partial charge >= 0.3 is 5.97 Å². The molecule has 9 nitrogen and oxygen atoms in total. The Kier molecular flexibility index (Phi) is 8.60. The number of hydrogen-bond donors (Lipinski definition) is 1. The van der Waals surface area contributed by atoms with E-state index in [9.17, 15) is 19.5 Å². The minimum Gasteiger partial charge on any atom is -0.465 e. The highest BCUT2D eigenvalue weighted by molar-refractivity contribution is 6.05. The van der Waals surface area contributed by atoms with Gasteiger partial charge < -0.3 is 29.3 Å². The van der Waals surface area contributed by atoms with Gasteiger partial charge in [0.1, 0.15) is 17.6 Å². The first-order valence-corrected chi connectivity index (χ1v) is 15.8. The maximum absolute atomic E-state index is 14.8. The van der Waals surface area contributed by atoms with Crippen LogP contribution in [0.25, 0.3) is 0 Å². The number of anilines is 2. The number of esters is 1. The molecule has 0 saturated carbocycles. The Bertz CT molecular complexity index is 1420. The molecule has 0 aromatic heterocycles. The van der Waals surface area contributed by atoms with Crippen molar-refractivity contribution < 1.29 is 29.0 Å². The van der Waals surface area contributed by atoms with Crippen LogP contribution in [0, 0.1) is 11.8 Å². The first kappa shape index (κ1) is 30.1. The Morgan fingerprint density at radius 2 is 1.75 bits per heavy atom. The number of aliphatic hydroxyl groups excluding tert-OH is 1. The lowest BCUT2D eigenvalue weighted by Crippen LogP contribution is -2.58. The van der Waals surface area contributed by atoms with Gasteiger partial charge in [0.05, 0.1) is 31.3 Å². The number of rotatable bonds is 8. The summed E-state index contributed by atoms with van der Waals surface area (Å²) in [4.78, 5) is 48.3. The predicted octanol–water partition coefficient (Wildman–Crippen LogP) is 3.51. The molecule has 1 unspecified atom stereocenters. The van der Waals surface area contributed by atoms with Crippen molar-refractivity contribution >= 4 is 29.2 Å². The molecule has 1 N–H and O–H groups in total. The first-order valence-electron chi connectivity index (χ1n) is 15.8. The topological polar surface area (TPSA) is 99.6 Å².